The number of aryl methyl sites for hydroxylation is 2. The van der Waals surface area contributed by atoms with E-state index in [1.54, 1.807) is 12.1 Å². The Morgan fingerprint density at radius 3 is 2.27 bits per heavy atom. The summed E-state index contributed by atoms with van der Waals surface area (Å²) in [5.41, 5.74) is 4.34. The smallest absolute Gasteiger partial charge is 0.238 e. The number of carbonyl (C=O) groups excluding carboxylic acids is 2. The fraction of sp³-hybridized carbons (Fsp3) is 0.576. The quantitative estimate of drug-likeness (QED) is 0.500. The highest BCUT2D eigenvalue weighted by Crippen LogP contribution is 2.50. The second-order valence-corrected chi connectivity index (χ2v) is 13.3. The molecule has 0 saturated carbocycles. The number of fused-ring (bicyclic) bond motifs is 2. The molecule has 3 aliphatic heterocycles. The minimum Gasteiger partial charge on any atom is -0.497 e. The summed E-state index contributed by atoms with van der Waals surface area (Å²) in [6.07, 6.45) is 1.21. The molecule has 3 aliphatic rings. The van der Waals surface area contributed by atoms with Gasteiger partial charge in [0.1, 0.15) is 11.6 Å². The average Bonchev–Trinajstić information content (AvgIpc) is 3.43. The first-order valence-electron chi connectivity index (χ1n) is 14.6. The van der Waals surface area contributed by atoms with Crippen molar-refractivity contribution in [1.82, 2.24) is 9.80 Å². The minimum absolute atomic E-state index is 0.0632. The summed E-state index contributed by atoms with van der Waals surface area (Å²) < 4.78 is 20.5. The molecule has 6 nitrogen and oxygen atoms in total. The van der Waals surface area contributed by atoms with Crippen molar-refractivity contribution in [2.24, 2.45) is 5.92 Å². The highest BCUT2D eigenvalue weighted by molar-refractivity contribution is 6.09. The number of methoxy groups -OCH3 is 1. The lowest BCUT2D eigenvalue weighted by atomic mass is 9.72. The van der Waals surface area contributed by atoms with Crippen LogP contribution in [-0.2, 0) is 15.0 Å². The molecule has 2 saturated heterocycles. The van der Waals surface area contributed by atoms with Gasteiger partial charge in [-0.1, -0.05) is 12.1 Å². The largest absolute Gasteiger partial charge is 0.497 e. The average molecular weight is 550 g/mol. The normalized spacial score (nSPS) is 22.9. The number of halogens is 1. The Bertz CT molecular complexity index is 1320. The third-order valence-electron chi connectivity index (χ3n) is 9.65. The highest BCUT2D eigenvalue weighted by atomic mass is 19.1. The van der Waals surface area contributed by atoms with Gasteiger partial charge in [0.25, 0.3) is 0 Å². The molecule has 0 radical (unpaired) electrons. The summed E-state index contributed by atoms with van der Waals surface area (Å²) in [5.74, 6) is -0.230. The number of anilines is 1. The third kappa shape index (κ3) is 4.60. The van der Waals surface area contributed by atoms with E-state index in [-0.39, 0.29) is 41.0 Å². The molecule has 216 valence electrons. The van der Waals surface area contributed by atoms with Crippen molar-refractivity contribution in [2.75, 3.05) is 38.2 Å². The molecule has 0 aromatic heterocycles. The van der Waals surface area contributed by atoms with Crippen LogP contribution in [0.4, 0.5) is 10.1 Å². The van der Waals surface area contributed by atoms with E-state index in [4.69, 9.17) is 4.74 Å². The van der Waals surface area contributed by atoms with Crippen LogP contribution in [-0.4, -0.2) is 66.5 Å². The lowest BCUT2D eigenvalue weighted by Gasteiger charge is -2.40. The van der Waals surface area contributed by atoms with Crippen molar-refractivity contribution in [3.05, 3.63) is 58.4 Å². The van der Waals surface area contributed by atoms with Gasteiger partial charge < -0.3 is 14.5 Å². The molecule has 2 fully saturated rings. The fourth-order valence-electron chi connectivity index (χ4n) is 7.03. The van der Waals surface area contributed by atoms with Crippen molar-refractivity contribution in [2.45, 2.75) is 84.2 Å². The minimum atomic E-state index is -0.594. The first kappa shape index (κ1) is 28.6. The number of carbonyl (C=O) groups is 2. The summed E-state index contributed by atoms with van der Waals surface area (Å²) in [4.78, 5) is 34.3. The number of nitrogens with zero attached hydrogens (tertiary/aromatic N) is 3. The van der Waals surface area contributed by atoms with Gasteiger partial charge in [-0.05, 0) is 95.7 Å². The Balaban J connectivity index is 1.42. The molecule has 0 bridgehead atoms. The lowest BCUT2D eigenvalue weighted by Crippen LogP contribution is -2.52. The van der Waals surface area contributed by atoms with E-state index >= 15 is 4.39 Å². The number of likely N-dealkylation sites (tertiary alicyclic amines) is 2. The summed E-state index contributed by atoms with van der Waals surface area (Å²) in [6.45, 7) is 17.0. The number of benzene rings is 2. The van der Waals surface area contributed by atoms with Crippen LogP contribution in [0.15, 0.2) is 30.3 Å². The van der Waals surface area contributed by atoms with Gasteiger partial charge in [-0.15, -0.1) is 0 Å². The van der Waals surface area contributed by atoms with E-state index in [0.29, 0.717) is 50.3 Å². The summed E-state index contributed by atoms with van der Waals surface area (Å²) >= 11 is 0. The Morgan fingerprint density at radius 1 is 1.05 bits per heavy atom. The molecule has 7 heteroatoms. The summed E-state index contributed by atoms with van der Waals surface area (Å²) in [7, 11) is 1.52. The second kappa shape index (κ2) is 10.2. The number of amides is 2. The Hall–Kier alpha value is -2.93. The molecule has 0 aliphatic carbocycles. The van der Waals surface area contributed by atoms with Crippen molar-refractivity contribution in [3.8, 4) is 5.75 Å². The molecule has 3 heterocycles. The molecule has 5 rings (SSSR count). The van der Waals surface area contributed by atoms with E-state index in [1.165, 1.54) is 24.3 Å². The van der Waals surface area contributed by atoms with Gasteiger partial charge >= 0.3 is 0 Å². The first-order valence-corrected chi connectivity index (χ1v) is 14.6. The van der Waals surface area contributed by atoms with Crippen LogP contribution in [0.5, 0.6) is 5.75 Å². The predicted octanol–water partition coefficient (Wildman–Crippen LogP) is 5.58. The van der Waals surface area contributed by atoms with Gasteiger partial charge in [-0.2, -0.15) is 0 Å². The predicted molar refractivity (Wildman–Crippen MR) is 157 cm³/mol. The van der Waals surface area contributed by atoms with Crippen molar-refractivity contribution in [3.63, 3.8) is 0 Å². The van der Waals surface area contributed by atoms with E-state index in [9.17, 15) is 9.59 Å². The van der Waals surface area contributed by atoms with Gasteiger partial charge in [0.2, 0.25) is 11.8 Å². The Labute approximate surface area is 238 Å². The van der Waals surface area contributed by atoms with Crippen LogP contribution in [0, 0.1) is 25.6 Å². The highest BCUT2D eigenvalue weighted by Gasteiger charge is 2.54. The van der Waals surface area contributed by atoms with Crippen LogP contribution in [0.2, 0.25) is 0 Å². The molecule has 2 atom stereocenters. The fourth-order valence-corrected chi connectivity index (χ4v) is 7.03. The number of ether oxygens (including phenoxy) is 1. The zero-order chi connectivity index (χ0) is 29.1. The van der Waals surface area contributed by atoms with Gasteiger partial charge in [-0.25, -0.2) is 4.39 Å². The third-order valence-corrected chi connectivity index (χ3v) is 9.65. The Morgan fingerprint density at radius 2 is 1.70 bits per heavy atom. The standard InChI is InChI=1S/C33H44FN3O3/c1-20(2)37-29-16-22(4)21(3)15-27(29)33(31(37)39)11-13-35(14-12-33)30(38)26-19-36(32(5,6)7)18-25(26)24-10-9-23(40-8)17-28(24)34/h9-10,15-17,20,25-26H,11-14,18-19H2,1-8H3. The first-order chi connectivity index (χ1) is 18.8. The SMILES string of the molecule is COc1ccc(C2CN(C(C)(C)C)CC2C(=O)N2CCC3(CC2)C(=O)N(C(C)C)c2cc(C)c(C)cc23)c(F)c1. The lowest BCUT2D eigenvalue weighted by molar-refractivity contribution is -0.139. The van der Waals surface area contributed by atoms with E-state index in [0.717, 1.165) is 11.3 Å². The van der Waals surface area contributed by atoms with Gasteiger partial charge in [-0.3, -0.25) is 14.5 Å². The van der Waals surface area contributed by atoms with Crippen molar-refractivity contribution >= 4 is 17.5 Å². The van der Waals surface area contributed by atoms with Crippen LogP contribution in [0.25, 0.3) is 0 Å². The topological polar surface area (TPSA) is 53.1 Å². The van der Waals surface area contributed by atoms with E-state index in [1.807, 2.05) is 9.80 Å². The van der Waals surface area contributed by atoms with Crippen LogP contribution < -0.4 is 9.64 Å². The number of hydrogen-bond acceptors (Lipinski definition) is 4. The maximum absolute atomic E-state index is 15.3. The van der Waals surface area contributed by atoms with E-state index < -0.39 is 5.41 Å². The zero-order valence-corrected chi connectivity index (χ0v) is 25.3. The second-order valence-electron chi connectivity index (χ2n) is 13.3. The molecule has 2 unspecified atom stereocenters. The van der Waals surface area contributed by atoms with Gasteiger partial charge in [0.05, 0.1) is 18.4 Å². The maximum atomic E-state index is 15.3. The van der Waals surface area contributed by atoms with Crippen LogP contribution >= 0.6 is 0 Å². The van der Waals surface area contributed by atoms with Gasteiger partial charge in [0, 0.05) is 55.4 Å². The molecule has 2 aromatic carbocycles. The molecule has 2 amide bonds. The molecular formula is C33H44FN3O3. The monoisotopic (exact) mass is 549 g/mol. The summed E-state index contributed by atoms with van der Waals surface area (Å²) in [5, 5.41) is 0. The zero-order valence-electron chi connectivity index (χ0n) is 25.3. The number of rotatable bonds is 4. The van der Waals surface area contributed by atoms with E-state index in [2.05, 4.69) is 65.5 Å². The van der Waals surface area contributed by atoms with Crippen molar-refractivity contribution < 1.29 is 18.7 Å². The maximum Gasteiger partial charge on any atom is 0.238 e. The van der Waals surface area contributed by atoms with Crippen LogP contribution in [0.1, 0.15) is 75.6 Å². The molecule has 2 aromatic rings. The Kier molecular flexibility index (Phi) is 7.26. The molecular weight excluding hydrogens is 505 g/mol. The molecule has 40 heavy (non-hydrogen) atoms. The van der Waals surface area contributed by atoms with Crippen molar-refractivity contribution in [1.29, 1.82) is 0 Å². The van der Waals surface area contributed by atoms with Gasteiger partial charge in [0.15, 0.2) is 0 Å². The molecule has 0 N–H and O–H groups in total. The number of piperidine rings is 1. The summed E-state index contributed by atoms with van der Waals surface area (Å²) in [6, 6.07) is 9.38. The van der Waals surface area contributed by atoms with Crippen LogP contribution in [0.3, 0.4) is 0 Å². The number of hydrogen-bond donors (Lipinski definition) is 0. The molecule has 1 spiro atoms.